The Morgan fingerprint density at radius 1 is 0.800 bits per heavy atom. The van der Waals surface area contributed by atoms with Crippen LogP contribution in [0, 0.1) is 0 Å². The van der Waals surface area contributed by atoms with Crippen LogP contribution < -0.4 is 9.80 Å². The highest BCUT2D eigenvalue weighted by atomic mass is 16.5. The van der Waals surface area contributed by atoms with Crippen molar-refractivity contribution in [1.82, 2.24) is 9.80 Å². The molecule has 20 heavy (non-hydrogen) atoms. The van der Waals surface area contributed by atoms with Gasteiger partial charge in [0.25, 0.3) is 0 Å². The highest BCUT2D eigenvalue weighted by molar-refractivity contribution is 5.76. The fraction of sp³-hybridized carbons (Fsp3) is 0.923. The summed E-state index contributed by atoms with van der Waals surface area (Å²) in [5.41, 5.74) is 0. The van der Waals surface area contributed by atoms with Crippen LogP contribution in [0.5, 0.6) is 0 Å². The van der Waals surface area contributed by atoms with Crippen LogP contribution in [0.3, 0.4) is 0 Å². The van der Waals surface area contributed by atoms with Gasteiger partial charge in [0, 0.05) is 13.1 Å². The maximum absolute atomic E-state index is 12.4. The number of nitrogens with zero attached hydrogens (tertiary/aromatic N) is 2. The van der Waals surface area contributed by atoms with Crippen molar-refractivity contribution >= 4 is 6.03 Å². The molecule has 0 bridgehead atoms. The minimum Gasteiger partial charge on any atom is -0.370 e. The number of carbonyl (C=O) groups is 1. The summed E-state index contributed by atoms with van der Waals surface area (Å²) >= 11 is 0. The lowest BCUT2D eigenvalue weighted by Crippen LogP contribution is -3.16. The number of rotatable bonds is 4. The first kappa shape index (κ1) is 14.1. The third kappa shape index (κ3) is 3.41. The van der Waals surface area contributed by atoms with Crippen LogP contribution in [0.1, 0.15) is 0 Å². The Kier molecular flexibility index (Phi) is 4.72. The second-order valence-electron chi connectivity index (χ2n) is 5.85. The van der Waals surface area contributed by atoms with Crippen molar-refractivity contribution in [2.24, 2.45) is 0 Å². The number of carbonyl (C=O) groups excluding carboxylic acids is 1. The van der Waals surface area contributed by atoms with E-state index in [-0.39, 0.29) is 6.03 Å². The summed E-state index contributed by atoms with van der Waals surface area (Å²) in [4.78, 5) is 19.3. The molecule has 0 aromatic heterocycles. The molecule has 0 aromatic carbocycles. The first-order chi connectivity index (χ1) is 9.83. The third-order valence-corrected chi connectivity index (χ3v) is 4.41. The fourth-order valence-corrected chi connectivity index (χ4v) is 3.10. The lowest BCUT2D eigenvalue weighted by molar-refractivity contribution is -0.917. The molecule has 0 saturated carbocycles. The number of quaternary nitrogens is 2. The van der Waals surface area contributed by atoms with Gasteiger partial charge in [-0.3, -0.25) is 9.80 Å². The van der Waals surface area contributed by atoms with E-state index < -0.39 is 0 Å². The van der Waals surface area contributed by atoms with Gasteiger partial charge in [-0.15, -0.1) is 0 Å². The topological polar surface area (TPSA) is 50.9 Å². The van der Waals surface area contributed by atoms with Crippen LogP contribution in [0.15, 0.2) is 0 Å². The number of morpholine rings is 2. The van der Waals surface area contributed by atoms with Gasteiger partial charge < -0.3 is 19.3 Å². The molecule has 0 aromatic rings. The second-order valence-corrected chi connectivity index (χ2v) is 5.85. The van der Waals surface area contributed by atoms with Crippen LogP contribution in [-0.2, 0) is 9.47 Å². The van der Waals surface area contributed by atoms with Crippen LogP contribution in [0.2, 0.25) is 0 Å². The Balaban J connectivity index is 1.46. The first-order valence-electron chi connectivity index (χ1n) is 7.69. The number of nitrogens with one attached hydrogen (secondary N) is 2. The maximum atomic E-state index is 12.4. The Labute approximate surface area is 120 Å². The van der Waals surface area contributed by atoms with E-state index in [9.17, 15) is 4.79 Å². The van der Waals surface area contributed by atoms with Crippen molar-refractivity contribution in [2.75, 3.05) is 79.0 Å². The summed E-state index contributed by atoms with van der Waals surface area (Å²) in [7, 11) is 0. The second kappa shape index (κ2) is 6.71. The van der Waals surface area contributed by atoms with Crippen molar-refractivity contribution in [2.45, 2.75) is 0 Å². The molecule has 3 rings (SSSR count). The molecule has 0 atom stereocenters. The van der Waals surface area contributed by atoms with Crippen LogP contribution in [0.4, 0.5) is 4.79 Å². The van der Waals surface area contributed by atoms with Gasteiger partial charge in [0.05, 0.1) is 26.4 Å². The molecule has 2 N–H and O–H groups in total. The zero-order chi connectivity index (χ0) is 13.8. The first-order valence-corrected chi connectivity index (χ1v) is 7.69. The SMILES string of the molecule is O=C1N(C[NH+]2CCOCC2)CCN1C[NH+]1CCOCC1. The molecular formula is C13H26N4O3+2. The predicted octanol–water partition coefficient (Wildman–Crippen LogP) is -3.53. The molecule has 7 nitrogen and oxygen atoms in total. The number of amides is 2. The number of ether oxygens (including phenoxy) is 2. The van der Waals surface area contributed by atoms with E-state index in [0.717, 1.165) is 79.0 Å². The van der Waals surface area contributed by atoms with Gasteiger partial charge >= 0.3 is 6.03 Å². The van der Waals surface area contributed by atoms with E-state index in [1.54, 1.807) is 0 Å². The van der Waals surface area contributed by atoms with Crippen LogP contribution in [0.25, 0.3) is 0 Å². The highest BCUT2D eigenvalue weighted by Crippen LogP contribution is 2.04. The summed E-state index contributed by atoms with van der Waals surface area (Å²) in [6, 6.07) is 0.211. The molecule has 3 aliphatic heterocycles. The summed E-state index contributed by atoms with van der Waals surface area (Å²) in [5.74, 6) is 0. The van der Waals surface area contributed by atoms with Gasteiger partial charge in [-0.25, -0.2) is 4.79 Å². The van der Waals surface area contributed by atoms with Crippen molar-refractivity contribution in [3.63, 3.8) is 0 Å². The number of urea groups is 1. The molecule has 3 fully saturated rings. The van der Waals surface area contributed by atoms with Gasteiger partial charge in [0.15, 0.2) is 13.3 Å². The monoisotopic (exact) mass is 286 g/mol. The Bertz CT molecular complexity index is 300. The zero-order valence-corrected chi connectivity index (χ0v) is 12.1. The molecule has 0 unspecified atom stereocenters. The minimum absolute atomic E-state index is 0.211. The van der Waals surface area contributed by atoms with Gasteiger partial charge in [-0.05, 0) is 0 Å². The van der Waals surface area contributed by atoms with Gasteiger partial charge in [0.1, 0.15) is 26.2 Å². The summed E-state index contributed by atoms with van der Waals surface area (Å²) in [5, 5.41) is 0. The molecule has 0 aliphatic carbocycles. The average Bonchev–Trinajstić information content (AvgIpc) is 2.83. The third-order valence-electron chi connectivity index (χ3n) is 4.41. The van der Waals surface area contributed by atoms with Gasteiger partial charge in [0.2, 0.25) is 0 Å². The normalized spacial score (nSPS) is 26.5. The molecular weight excluding hydrogens is 260 g/mol. The minimum atomic E-state index is 0.211. The molecule has 3 heterocycles. The Morgan fingerprint density at radius 2 is 1.20 bits per heavy atom. The molecule has 3 saturated heterocycles. The molecule has 3 aliphatic rings. The average molecular weight is 286 g/mol. The highest BCUT2D eigenvalue weighted by Gasteiger charge is 2.33. The van der Waals surface area contributed by atoms with Crippen molar-refractivity contribution in [3.05, 3.63) is 0 Å². The van der Waals surface area contributed by atoms with E-state index in [1.165, 1.54) is 9.80 Å². The van der Waals surface area contributed by atoms with Gasteiger partial charge in [-0.2, -0.15) is 0 Å². The standard InChI is InChI=1S/C13H24N4O3/c18-13-16(11-14-3-7-19-8-4-14)1-2-17(13)12-15-5-9-20-10-6-15/h1-12H2/p+2. The van der Waals surface area contributed by atoms with Gasteiger partial charge in [-0.1, -0.05) is 0 Å². The summed E-state index contributed by atoms with van der Waals surface area (Å²) in [6.07, 6.45) is 0. The van der Waals surface area contributed by atoms with Crippen molar-refractivity contribution in [3.8, 4) is 0 Å². The van der Waals surface area contributed by atoms with E-state index in [0.29, 0.717) is 0 Å². The van der Waals surface area contributed by atoms with E-state index in [2.05, 4.69) is 0 Å². The fourth-order valence-electron chi connectivity index (χ4n) is 3.10. The van der Waals surface area contributed by atoms with Crippen LogP contribution in [-0.4, -0.2) is 94.9 Å². The summed E-state index contributed by atoms with van der Waals surface area (Å²) in [6.45, 7) is 10.7. The van der Waals surface area contributed by atoms with Crippen molar-refractivity contribution in [1.29, 1.82) is 0 Å². The number of hydrogen-bond acceptors (Lipinski definition) is 3. The lowest BCUT2D eigenvalue weighted by atomic mass is 10.4. The van der Waals surface area contributed by atoms with E-state index >= 15 is 0 Å². The quantitative estimate of drug-likeness (QED) is 0.563. The lowest BCUT2D eigenvalue weighted by Gasteiger charge is -2.29. The van der Waals surface area contributed by atoms with E-state index in [1.807, 2.05) is 9.80 Å². The molecule has 2 amide bonds. The number of hydrogen-bond donors (Lipinski definition) is 2. The Hall–Kier alpha value is -0.890. The molecule has 7 heteroatoms. The largest absolute Gasteiger partial charge is 0.370 e. The smallest absolute Gasteiger partial charge is 0.328 e. The predicted molar refractivity (Wildman–Crippen MR) is 71.6 cm³/mol. The molecule has 0 spiro atoms. The zero-order valence-electron chi connectivity index (χ0n) is 12.1. The molecule has 0 radical (unpaired) electrons. The van der Waals surface area contributed by atoms with E-state index in [4.69, 9.17) is 9.47 Å². The summed E-state index contributed by atoms with van der Waals surface area (Å²) < 4.78 is 10.7. The Morgan fingerprint density at radius 3 is 1.60 bits per heavy atom. The van der Waals surface area contributed by atoms with Crippen molar-refractivity contribution < 1.29 is 24.1 Å². The molecule has 114 valence electrons. The van der Waals surface area contributed by atoms with Crippen LogP contribution >= 0.6 is 0 Å². The maximum Gasteiger partial charge on any atom is 0.328 e.